The van der Waals surface area contributed by atoms with Crippen molar-refractivity contribution < 1.29 is 5.11 Å². The third-order valence-electron chi connectivity index (χ3n) is 2.47. The molecular formula is C11H16ClNO. The van der Waals surface area contributed by atoms with Crippen molar-refractivity contribution in [3.05, 3.63) is 33.8 Å². The van der Waals surface area contributed by atoms with Gasteiger partial charge in [0.25, 0.3) is 0 Å². The molecule has 3 N–H and O–H groups in total. The van der Waals surface area contributed by atoms with Crippen molar-refractivity contribution in [1.82, 2.24) is 0 Å². The predicted molar refractivity (Wildman–Crippen MR) is 59.5 cm³/mol. The normalized spacial score (nSPS) is 15.3. The molecule has 0 aliphatic heterocycles. The van der Waals surface area contributed by atoms with Gasteiger partial charge in [0.1, 0.15) is 0 Å². The van der Waals surface area contributed by atoms with Gasteiger partial charge in [-0.1, -0.05) is 17.7 Å². The van der Waals surface area contributed by atoms with Crippen LogP contribution in [-0.4, -0.2) is 11.1 Å². The van der Waals surface area contributed by atoms with Gasteiger partial charge >= 0.3 is 0 Å². The topological polar surface area (TPSA) is 46.2 Å². The van der Waals surface area contributed by atoms with E-state index in [-0.39, 0.29) is 6.04 Å². The minimum Gasteiger partial charge on any atom is -0.387 e. The quantitative estimate of drug-likeness (QED) is 0.792. The Kier molecular flexibility index (Phi) is 3.53. The van der Waals surface area contributed by atoms with Gasteiger partial charge in [0.15, 0.2) is 0 Å². The Bertz CT molecular complexity index is 313. The maximum absolute atomic E-state index is 9.75. The van der Waals surface area contributed by atoms with E-state index in [1.54, 1.807) is 13.0 Å². The van der Waals surface area contributed by atoms with Crippen molar-refractivity contribution in [1.29, 1.82) is 0 Å². The van der Waals surface area contributed by atoms with Gasteiger partial charge in [-0.15, -0.1) is 0 Å². The monoisotopic (exact) mass is 213 g/mol. The molecule has 0 aliphatic rings. The Morgan fingerprint density at radius 2 is 1.93 bits per heavy atom. The lowest BCUT2D eigenvalue weighted by Gasteiger charge is -2.16. The first-order valence-corrected chi connectivity index (χ1v) is 5.01. The van der Waals surface area contributed by atoms with E-state index in [1.165, 1.54) is 0 Å². The highest BCUT2D eigenvalue weighted by atomic mass is 35.5. The van der Waals surface area contributed by atoms with Gasteiger partial charge in [-0.3, -0.25) is 0 Å². The molecule has 1 aromatic carbocycles. The zero-order chi connectivity index (χ0) is 10.9. The summed E-state index contributed by atoms with van der Waals surface area (Å²) in [6.45, 7) is 5.70. The maximum Gasteiger partial charge on any atom is 0.0938 e. The highest BCUT2D eigenvalue weighted by molar-refractivity contribution is 6.31. The van der Waals surface area contributed by atoms with Crippen molar-refractivity contribution >= 4 is 11.6 Å². The van der Waals surface area contributed by atoms with Crippen LogP contribution in [0.3, 0.4) is 0 Å². The maximum atomic E-state index is 9.75. The lowest BCUT2D eigenvalue weighted by atomic mass is 9.99. The summed E-state index contributed by atoms with van der Waals surface area (Å²) in [7, 11) is 0. The molecule has 2 atom stereocenters. The van der Waals surface area contributed by atoms with Crippen LogP contribution in [-0.2, 0) is 0 Å². The molecule has 0 saturated carbocycles. The molecule has 0 saturated heterocycles. The Morgan fingerprint density at radius 3 is 2.36 bits per heavy atom. The summed E-state index contributed by atoms with van der Waals surface area (Å²) in [5.74, 6) is 0. The second-order valence-electron chi connectivity index (χ2n) is 3.75. The van der Waals surface area contributed by atoms with Gasteiger partial charge in [0.2, 0.25) is 0 Å². The van der Waals surface area contributed by atoms with Gasteiger partial charge in [-0.25, -0.2) is 0 Å². The number of hydrogen-bond donors (Lipinski definition) is 2. The lowest BCUT2D eigenvalue weighted by Crippen LogP contribution is -2.24. The third kappa shape index (κ3) is 2.27. The molecule has 3 heteroatoms. The molecule has 0 radical (unpaired) electrons. The number of benzene rings is 1. The molecule has 2 nitrogen and oxygen atoms in total. The minimum absolute atomic E-state index is 0.284. The number of halogens is 1. The molecule has 0 fully saturated rings. The van der Waals surface area contributed by atoms with Crippen LogP contribution in [0.15, 0.2) is 12.1 Å². The Hall–Kier alpha value is -0.570. The molecule has 1 rings (SSSR count). The standard InChI is InChI=1S/C11H16ClNO/c1-6-4-9(11(14)8(3)13)5-10(12)7(6)2/h4-5,8,11,14H,13H2,1-3H3. The zero-order valence-corrected chi connectivity index (χ0v) is 9.47. The van der Waals surface area contributed by atoms with E-state index < -0.39 is 6.10 Å². The van der Waals surface area contributed by atoms with E-state index in [0.717, 1.165) is 16.7 Å². The van der Waals surface area contributed by atoms with Crippen molar-refractivity contribution in [2.24, 2.45) is 5.73 Å². The van der Waals surface area contributed by atoms with Crippen LogP contribution >= 0.6 is 11.6 Å². The first-order valence-electron chi connectivity index (χ1n) is 4.63. The molecule has 0 amide bonds. The fraction of sp³-hybridized carbons (Fsp3) is 0.455. The van der Waals surface area contributed by atoms with Crippen LogP contribution in [0.4, 0.5) is 0 Å². The van der Waals surface area contributed by atoms with Crippen LogP contribution in [0.25, 0.3) is 0 Å². The molecule has 0 aromatic heterocycles. The number of aliphatic hydroxyl groups excluding tert-OH is 1. The number of aryl methyl sites for hydroxylation is 1. The minimum atomic E-state index is -0.646. The van der Waals surface area contributed by atoms with E-state index in [1.807, 2.05) is 19.9 Å². The van der Waals surface area contributed by atoms with Crippen LogP contribution < -0.4 is 5.73 Å². The molecule has 0 bridgehead atoms. The molecule has 0 spiro atoms. The van der Waals surface area contributed by atoms with Crippen LogP contribution in [0.1, 0.15) is 29.7 Å². The van der Waals surface area contributed by atoms with Crippen molar-refractivity contribution in [2.75, 3.05) is 0 Å². The van der Waals surface area contributed by atoms with Crippen molar-refractivity contribution in [3.8, 4) is 0 Å². The van der Waals surface area contributed by atoms with Crippen molar-refractivity contribution in [2.45, 2.75) is 32.9 Å². The summed E-state index contributed by atoms with van der Waals surface area (Å²) in [4.78, 5) is 0. The molecule has 1 aromatic rings. The third-order valence-corrected chi connectivity index (χ3v) is 2.86. The summed E-state index contributed by atoms with van der Waals surface area (Å²) in [5, 5.41) is 10.4. The van der Waals surface area contributed by atoms with Crippen LogP contribution in [0, 0.1) is 13.8 Å². The lowest BCUT2D eigenvalue weighted by molar-refractivity contribution is 0.153. The fourth-order valence-corrected chi connectivity index (χ4v) is 1.59. The van der Waals surface area contributed by atoms with E-state index in [4.69, 9.17) is 17.3 Å². The summed E-state index contributed by atoms with van der Waals surface area (Å²) >= 11 is 6.02. The SMILES string of the molecule is Cc1cc(C(O)C(C)N)cc(Cl)c1C. The largest absolute Gasteiger partial charge is 0.387 e. The van der Waals surface area contributed by atoms with Crippen LogP contribution in [0.2, 0.25) is 5.02 Å². The highest BCUT2D eigenvalue weighted by Gasteiger charge is 2.14. The van der Waals surface area contributed by atoms with Gasteiger partial charge < -0.3 is 10.8 Å². The second kappa shape index (κ2) is 4.30. The van der Waals surface area contributed by atoms with Gasteiger partial charge in [0.05, 0.1) is 6.10 Å². The zero-order valence-electron chi connectivity index (χ0n) is 8.71. The highest BCUT2D eigenvalue weighted by Crippen LogP contribution is 2.25. The number of nitrogens with two attached hydrogens (primary N) is 1. The van der Waals surface area contributed by atoms with Gasteiger partial charge in [-0.2, -0.15) is 0 Å². The van der Waals surface area contributed by atoms with Gasteiger partial charge in [-0.05, 0) is 43.5 Å². The average molecular weight is 214 g/mol. The van der Waals surface area contributed by atoms with Crippen LogP contribution in [0.5, 0.6) is 0 Å². The average Bonchev–Trinajstić information content (AvgIpc) is 2.12. The molecule has 14 heavy (non-hydrogen) atoms. The van der Waals surface area contributed by atoms with Gasteiger partial charge in [0, 0.05) is 11.1 Å². The van der Waals surface area contributed by atoms with E-state index in [2.05, 4.69) is 0 Å². The number of rotatable bonds is 2. The van der Waals surface area contributed by atoms with E-state index in [9.17, 15) is 5.11 Å². The molecule has 78 valence electrons. The summed E-state index contributed by atoms with van der Waals surface area (Å²) < 4.78 is 0. The predicted octanol–water partition coefficient (Wildman–Crippen LogP) is 2.34. The summed E-state index contributed by atoms with van der Waals surface area (Å²) in [6, 6.07) is 3.42. The fourth-order valence-electron chi connectivity index (χ4n) is 1.32. The molecular weight excluding hydrogens is 198 g/mol. The first kappa shape index (κ1) is 11.5. The summed E-state index contributed by atoms with van der Waals surface area (Å²) in [6.07, 6.45) is -0.646. The molecule has 0 aliphatic carbocycles. The second-order valence-corrected chi connectivity index (χ2v) is 4.16. The molecule has 0 heterocycles. The van der Waals surface area contributed by atoms with Crippen molar-refractivity contribution in [3.63, 3.8) is 0 Å². The Morgan fingerprint density at radius 1 is 1.36 bits per heavy atom. The number of aliphatic hydroxyl groups is 1. The first-order chi connectivity index (χ1) is 6.43. The molecule has 2 unspecified atom stereocenters. The van der Waals surface area contributed by atoms with E-state index >= 15 is 0 Å². The number of hydrogen-bond acceptors (Lipinski definition) is 2. The smallest absolute Gasteiger partial charge is 0.0938 e. The van der Waals surface area contributed by atoms with E-state index in [0.29, 0.717) is 5.02 Å². The Labute approximate surface area is 89.7 Å². The Balaban J connectivity index is 3.12. The summed E-state index contributed by atoms with van der Waals surface area (Å²) in [5.41, 5.74) is 8.52.